The van der Waals surface area contributed by atoms with Gasteiger partial charge in [-0.3, -0.25) is 4.79 Å². The summed E-state index contributed by atoms with van der Waals surface area (Å²) < 4.78 is 0. The Morgan fingerprint density at radius 1 is 1.21 bits per heavy atom. The van der Waals surface area contributed by atoms with Crippen LogP contribution >= 0.6 is 0 Å². The zero-order valence-electron chi connectivity index (χ0n) is 10.9. The van der Waals surface area contributed by atoms with E-state index in [9.17, 15) is 9.90 Å². The van der Waals surface area contributed by atoms with Gasteiger partial charge in [0.2, 0.25) is 5.91 Å². The molecule has 0 aliphatic rings. The molecule has 98 valence electrons. The van der Waals surface area contributed by atoms with Crippen molar-refractivity contribution < 1.29 is 9.90 Å². The zero-order valence-corrected chi connectivity index (χ0v) is 10.9. The summed E-state index contributed by atoms with van der Waals surface area (Å²) in [5.74, 6) is 0.287. The number of fused-ring (bicyclic) bond motifs is 1. The minimum absolute atomic E-state index is 0.0107. The maximum absolute atomic E-state index is 10.7. The first kappa shape index (κ1) is 13.1. The number of rotatable bonds is 4. The summed E-state index contributed by atoms with van der Waals surface area (Å²) in [4.78, 5) is 10.7. The van der Waals surface area contributed by atoms with Crippen LogP contribution in [-0.2, 0) is 4.79 Å². The van der Waals surface area contributed by atoms with Crippen molar-refractivity contribution in [1.82, 2.24) is 5.32 Å². The van der Waals surface area contributed by atoms with Crippen molar-refractivity contribution in [2.45, 2.75) is 13.3 Å². The number of benzene rings is 2. The van der Waals surface area contributed by atoms with E-state index in [0.29, 0.717) is 12.3 Å². The van der Waals surface area contributed by atoms with Gasteiger partial charge in [-0.1, -0.05) is 42.5 Å². The van der Waals surface area contributed by atoms with Crippen molar-refractivity contribution in [1.29, 1.82) is 0 Å². The Morgan fingerprint density at radius 3 is 2.68 bits per heavy atom. The molecular formula is C16H17NO2. The summed E-state index contributed by atoms with van der Waals surface area (Å²) in [5, 5.41) is 14.4. The van der Waals surface area contributed by atoms with Gasteiger partial charge in [0.15, 0.2) is 0 Å². The minimum Gasteiger partial charge on any atom is -0.507 e. The molecule has 0 radical (unpaired) electrons. The second-order valence-corrected chi connectivity index (χ2v) is 4.39. The molecule has 3 heteroatoms. The molecule has 3 nitrogen and oxygen atoms in total. The Bertz CT molecular complexity index is 617. The molecule has 0 atom stereocenters. The van der Waals surface area contributed by atoms with E-state index in [1.54, 1.807) is 6.07 Å². The third kappa shape index (κ3) is 3.35. The molecule has 0 aromatic heterocycles. The third-order valence-electron chi connectivity index (χ3n) is 2.92. The van der Waals surface area contributed by atoms with Gasteiger partial charge < -0.3 is 10.4 Å². The number of phenolic OH excluding ortho intramolecular Hbond substituents is 1. The molecule has 0 bridgehead atoms. The summed E-state index contributed by atoms with van der Waals surface area (Å²) in [6.07, 6.45) is 4.83. The standard InChI is InChI=1S/C16H17NO2/c1-12(18)17-11-5-4-6-13-9-10-16(19)15-8-3-2-7-14(13)15/h2-4,6-10,19H,5,11H2,1H3,(H,17,18). The zero-order chi connectivity index (χ0) is 13.7. The van der Waals surface area contributed by atoms with Crippen molar-refractivity contribution in [2.75, 3.05) is 6.54 Å². The lowest BCUT2D eigenvalue weighted by Gasteiger charge is -2.04. The lowest BCUT2D eigenvalue weighted by atomic mass is 10.0. The van der Waals surface area contributed by atoms with Crippen molar-refractivity contribution in [3.8, 4) is 5.75 Å². The number of amides is 1. The van der Waals surface area contributed by atoms with E-state index < -0.39 is 0 Å². The number of carbonyl (C=O) groups excluding carboxylic acids is 1. The van der Waals surface area contributed by atoms with Gasteiger partial charge in [-0.2, -0.15) is 0 Å². The van der Waals surface area contributed by atoms with E-state index in [2.05, 4.69) is 5.32 Å². The Morgan fingerprint density at radius 2 is 1.95 bits per heavy atom. The fourth-order valence-corrected chi connectivity index (χ4v) is 1.99. The fourth-order valence-electron chi connectivity index (χ4n) is 1.99. The Balaban J connectivity index is 2.15. The summed E-state index contributed by atoms with van der Waals surface area (Å²) in [6.45, 7) is 2.15. The number of phenols is 1. The molecule has 2 N–H and O–H groups in total. The van der Waals surface area contributed by atoms with Gasteiger partial charge >= 0.3 is 0 Å². The smallest absolute Gasteiger partial charge is 0.216 e. The summed E-state index contributed by atoms with van der Waals surface area (Å²) in [6, 6.07) is 11.4. The average Bonchev–Trinajstić information content (AvgIpc) is 2.41. The van der Waals surface area contributed by atoms with Crippen molar-refractivity contribution >= 4 is 22.8 Å². The molecule has 1 amide bonds. The van der Waals surface area contributed by atoms with E-state index in [0.717, 1.165) is 22.8 Å². The van der Waals surface area contributed by atoms with Gasteiger partial charge in [-0.05, 0) is 23.4 Å². The van der Waals surface area contributed by atoms with Crippen LogP contribution in [-0.4, -0.2) is 17.6 Å². The van der Waals surface area contributed by atoms with E-state index in [1.165, 1.54) is 6.92 Å². The first-order valence-electron chi connectivity index (χ1n) is 6.30. The van der Waals surface area contributed by atoms with Gasteiger partial charge in [-0.25, -0.2) is 0 Å². The quantitative estimate of drug-likeness (QED) is 0.825. The Kier molecular flexibility index (Phi) is 4.18. The molecule has 0 unspecified atom stereocenters. The SMILES string of the molecule is CC(=O)NCCC=Cc1ccc(O)c2ccccc12. The number of hydrogen-bond acceptors (Lipinski definition) is 2. The van der Waals surface area contributed by atoms with Crippen molar-refractivity contribution in [2.24, 2.45) is 0 Å². The van der Waals surface area contributed by atoms with Gasteiger partial charge in [0.25, 0.3) is 0 Å². The number of aromatic hydroxyl groups is 1. The van der Waals surface area contributed by atoms with Crippen LogP contribution < -0.4 is 5.32 Å². The fraction of sp³-hybridized carbons (Fsp3) is 0.188. The van der Waals surface area contributed by atoms with Crippen molar-refractivity contribution in [3.05, 3.63) is 48.0 Å². The number of carbonyl (C=O) groups is 1. The predicted octanol–water partition coefficient (Wildman–Crippen LogP) is 3.08. The second kappa shape index (κ2) is 6.05. The van der Waals surface area contributed by atoms with Gasteiger partial charge in [-0.15, -0.1) is 0 Å². The van der Waals surface area contributed by atoms with Gasteiger partial charge in [0.05, 0.1) is 0 Å². The lowest BCUT2D eigenvalue weighted by Crippen LogP contribution is -2.20. The molecule has 0 spiro atoms. The first-order chi connectivity index (χ1) is 9.18. The molecule has 0 aliphatic heterocycles. The highest BCUT2D eigenvalue weighted by Gasteiger charge is 2.01. The first-order valence-corrected chi connectivity index (χ1v) is 6.30. The van der Waals surface area contributed by atoms with Crippen LogP contribution in [0.1, 0.15) is 18.9 Å². The highest BCUT2D eigenvalue weighted by atomic mass is 16.3. The number of nitrogens with one attached hydrogen (secondary N) is 1. The molecule has 2 aromatic rings. The highest BCUT2D eigenvalue weighted by Crippen LogP contribution is 2.28. The molecule has 0 saturated heterocycles. The summed E-state index contributed by atoms with van der Waals surface area (Å²) in [7, 11) is 0. The molecule has 0 aliphatic carbocycles. The second-order valence-electron chi connectivity index (χ2n) is 4.39. The molecule has 2 rings (SSSR count). The van der Waals surface area contributed by atoms with E-state index in [4.69, 9.17) is 0 Å². The molecule has 2 aromatic carbocycles. The van der Waals surface area contributed by atoms with Crippen LogP contribution in [0.2, 0.25) is 0 Å². The molecule has 0 saturated carbocycles. The highest BCUT2D eigenvalue weighted by molar-refractivity contribution is 5.94. The van der Waals surface area contributed by atoms with Crippen LogP contribution in [0.4, 0.5) is 0 Å². The normalized spacial score (nSPS) is 11.0. The number of hydrogen-bond donors (Lipinski definition) is 2. The van der Waals surface area contributed by atoms with Crippen LogP contribution in [0.25, 0.3) is 16.8 Å². The largest absolute Gasteiger partial charge is 0.507 e. The Labute approximate surface area is 112 Å². The van der Waals surface area contributed by atoms with Crippen LogP contribution in [0.15, 0.2) is 42.5 Å². The third-order valence-corrected chi connectivity index (χ3v) is 2.92. The van der Waals surface area contributed by atoms with E-state index in [1.807, 2.05) is 42.5 Å². The maximum Gasteiger partial charge on any atom is 0.216 e. The molecule has 0 heterocycles. The van der Waals surface area contributed by atoms with E-state index >= 15 is 0 Å². The minimum atomic E-state index is -0.0107. The van der Waals surface area contributed by atoms with Crippen molar-refractivity contribution in [3.63, 3.8) is 0 Å². The average molecular weight is 255 g/mol. The van der Waals surface area contributed by atoms with Gasteiger partial charge in [0.1, 0.15) is 5.75 Å². The Hall–Kier alpha value is -2.29. The monoisotopic (exact) mass is 255 g/mol. The van der Waals surface area contributed by atoms with Crippen LogP contribution in [0.3, 0.4) is 0 Å². The molecule has 19 heavy (non-hydrogen) atoms. The topological polar surface area (TPSA) is 49.3 Å². The lowest BCUT2D eigenvalue weighted by molar-refractivity contribution is -0.118. The maximum atomic E-state index is 10.7. The predicted molar refractivity (Wildman–Crippen MR) is 77.9 cm³/mol. The molecular weight excluding hydrogens is 238 g/mol. The van der Waals surface area contributed by atoms with Crippen LogP contribution in [0, 0.1) is 0 Å². The summed E-state index contributed by atoms with van der Waals surface area (Å²) >= 11 is 0. The van der Waals surface area contributed by atoms with Crippen LogP contribution in [0.5, 0.6) is 5.75 Å². The molecule has 0 fully saturated rings. The van der Waals surface area contributed by atoms with E-state index in [-0.39, 0.29) is 5.91 Å². The summed E-state index contributed by atoms with van der Waals surface area (Å²) in [5.41, 5.74) is 1.07. The van der Waals surface area contributed by atoms with Gasteiger partial charge in [0, 0.05) is 18.9 Å².